The molecule has 5 heteroatoms. The van der Waals surface area contributed by atoms with Gasteiger partial charge in [0.25, 0.3) is 0 Å². The lowest BCUT2D eigenvalue weighted by atomic mass is 10.0. The first-order valence-electron chi connectivity index (χ1n) is 8.17. The topological polar surface area (TPSA) is 85.2 Å². The van der Waals surface area contributed by atoms with Crippen molar-refractivity contribution in [1.29, 1.82) is 0 Å². The number of hydrogen-bond acceptors (Lipinski definition) is 5. The average molecular weight is 321 g/mol. The van der Waals surface area contributed by atoms with Gasteiger partial charge < -0.3 is 15.4 Å². The number of nitrogens with zero attached hydrogens (tertiary/aromatic N) is 2. The van der Waals surface area contributed by atoms with Crippen molar-refractivity contribution in [3.05, 3.63) is 76.4 Å². The molecule has 4 rings (SSSR count). The number of benzene rings is 2. The summed E-state index contributed by atoms with van der Waals surface area (Å²) in [6, 6.07) is 12.8. The Morgan fingerprint density at radius 3 is 2.88 bits per heavy atom. The molecule has 0 fully saturated rings. The molecular weight excluding hydrogens is 302 g/mol. The van der Waals surface area contributed by atoms with Gasteiger partial charge >= 0.3 is 0 Å². The van der Waals surface area contributed by atoms with Crippen molar-refractivity contribution >= 4 is 0 Å². The van der Waals surface area contributed by atoms with Crippen LogP contribution < -0.4 is 5.73 Å². The van der Waals surface area contributed by atoms with Crippen LogP contribution in [0.25, 0.3) is 0 Å². The molecule has 3 N–H and O–H groups in total. The largest absolute Gasteiger partial charge is 0.508 e. The monoisotopic (exact) mass is 321 g/mol. The van der Waals surface area contributed by atoms with Gasteiger partial charge in [0.05, 0.1) is 0 Å². The van der Waals surface area contributed by atoms with E-state index < -0.39 is 6.04 Å². The van der Waals surface area contributed by atoms with Crippen LogP contribution in [0.5, 0.6) is 5.75 Å². The summed E-state index contributed by atoms with van der Waals surface area (Å²) in [6.07, 6.45) is 4.21. The lowest BCUT2D eigenvalue weighted by Gasteiger charge is -2.06. The maximum absolute atomic E-state index is 9.56. The molecule has 0 saturated heterocycles. The van der Waals surface area contributed by atoms with E-state index >= 15 is 0 Å². The Balaban J connectivity index is 1.52. The molecule has 1 heterocycles. The number of hydrogen-bond donors (Lipinski definition) is 2. The maximum Gasteiger partial charge on any atom is 0.248 e. The van der Waals surface area contributed by atoms with Gasteiger partial charge in [-0.25, -0.2) is 0 Å². The first-order valence-corrected chi connectivity index (χ1v) is 8.17. The highest BCUT2D eigenvalue weighted by Crippen LogP contribution is 2.25. The summed E-state index contributed by atoms with van der Waals surface area (Å²) in [5, 5.41) is 13.6. The van der Waals surface area contributed by atoms with Gasteiger partial charge in [-0.3, -0.25) is 0 Å². The Morgan fingerprint density at radius 1 is 1.12 bits per heavy atom. The molecule has 3 aromatic rings. The van der Waals surface area contributed by atoms with Gasteiger partial charge in [-0.15, -0.1) is 0 Å². The van der Waals surface area contributed by atoms with Crippen molar-refractivity contribution in [3.8, 4) is 5.75 Å². The predicted octanol–water partition coefficient (Wildman–Crippen LogP) is 2.90. The minimum Gasteiger partial charge on any atom is -0.508 e. The minimum atomic E-state index is -0.543. The van der Waals surface area contributed by atoms with E-state index in [1.165, 1.54) is 29.5 Å². The molecule has 0 amide bonds. The Kier molecular flexibility index (Phi) is 3.78. The molecule has 0 radical (unpaired) electrons. The predicted molar refractivity (Wildman–Crippen MR) is 89.7 cm³/mol. The Bertz CT molecular complexity index is 873. The molecular formula is C19H19N3O2. The second kappa shape index (κ2) is 6.09. The van der Waals surface area contributed by atoms with Crippen molar-refractivity contribution in [3.63, 3.8) is 0 Å². The van der Waals surface area contributed by atoms with Crippen molar-refractivity contribution in [2.45, 2.75) is 31.7 Å². The van der Waals surface area contributed by atoms with Crippen molar-refractivity contribution in [1.82, 2.24) is 10.1 Å². The fraction of sp³-hybridized carbons (Fsp3) is 0.263. The van der Waals surface area contributed by atoms with Crippen LogP contribution in [0.15, 0.2) is 47.0 Å². The fourth-order valence-electron chi connectivity index (χ4n) is 3.24. The number of rotatable bonds is 4. The molecule has 1 unspecified atom stereocenters. The van der Waals surface area contributed by atoms with Crippen LogP contribution in [-0.2, 0) is 19.3 Å². The number of aromatic hydroxyl groups is 1. The van der Waals surface area contributed by atoms with E-state index in [1.807, 2.05) is 6.07 Å². The van der Waals surface area contributed by atoms with Gasteiger partial charge in [0.1, 0.15) is 11.8 Å². The summed E-state index contributed by atoms with van der Waals surface area (Å²) >= 11 is 0. The maximum atomic E-state index is 9.56. The van der Waals surface area contributed by atoms with Crippen molar-refractivity contribution in [2.24, 2.45) is 5.73 Å². The van der Waals surface area contributed by atoms with Crippen LogP contribution in [-0.4, -0.2) is 15.2 Å². The van der Waals surface area contributed by atoms with E-state index in [9.17, 15) is 5.11 Å². The summed E-state index contributed by atoms with van der Waals surface area (Å²) in [4.78, 5) is 4.42. The first kappa shape index (κ1) is 14.9. The molecule has 1 aliphatic rings. The summed E-state index contributed by atoms with van der Waals surface area (Å²) in [5.74, 6) is 1.15. The Morgan fingerprint density at radius 2 is 2.00 bits per heavy atom. The van der Waals surface area contributed by atoms with Crippen LogP contribution in [0.3, 0.4) is 0 Å². The van der Waals surface area contributed by atoms with E-state index in [-0.39, 0.29) is 5.75 Å². The third-order valence-corrected chi connectivity index (χ3v) is 4.50. The number of phenolic OH excluding ortho intramolecular Hbond substituents is 1. The number of fused-ring (bicyclic) bond motifs is 1. The van der Waals surface area contributed by atoms with Crippen molar-refractivity contribution < 1.29 is 9.63 Å². The van der Waals surface area contributed by atoms with Gasteiger partial charge in [0, 0.05) is 6.42 Å². The molecule has 1 aromatic heterocycles. The van der Waals surface area contributed by atoms with Crippen LogP contribution >= 0.6 is 0 Å². The van der Waals surface area contributed by atoms with E-state index in [4.69, 9.17) is 10.3 Å². The number of aryl methyl sites for hydroxylation is 2. The normalized spacial score (nSPS) is 14.5. The highest BCUT2D eigenvalue weighted by Gasteiger charge is 2.18. The molecule has 1 aliphatic carbocycles. The van der Waals surface area contributed by atoms with Crippen molar-refractivity contribution in [2.75, 3.05) is 0 Å². The summed E-state index contributed by atoms with van der Waals surface area (Å²) in [7, 11) is 0. The van der Waals surface area contributed by atoms with Crippen LogP contribution in [0.2, 0.25) is 0 Å². The zero-order valence-corrected chi connectivity index (χ0v) is 13.3. The standard InChI is InChI=1S/C19H19N3O2/c20-18(15-5-2-6-16(23)11-15)19-21-17(22-24-19)10-12-7-8-13-3-1-4-14(13)9-12/h2,5-9,11,18,23H,1,3-4,10,20H2. The lowest BCUT2D eigenvalue weighted by Crippen LogP contribution is -2.12. The van der Waals surface area contributed by atoms with Gasteiger partial charge in [-0.05, 0) is 53.6 Å². The van der Waals surface area contributed by atoms with Gasteiger partial charge in [0.15, 0.2) is 5.82 Å². The summed E-state index contributed by atoms with van der Waals surface area (Å²) in [5.41, 5.74) is 11.0. The van der Waals surface area contributed by atoms with E-state index in [0.717, 1.165) is 12.0 Å². The van der Waals surface area contributed by atoms with Crippen LogP contribution in [0, 0.1) is 0 Å². The molecule has 0 saturated carbocycles. The molecule has 1 atom stereocenters. The third kappa shape index (κ3) is 2.90. The summed E-state index contributed by atoms with van der Waals surface area (Å²) in [6.45, 7) is 0. The fourth-order valence-corrected chi connectivity index (χ4v) is 3.24. The van der Waals surface area contributed by atoms with Gasteiger partial charge in [0.2, 0.25) is 5.89 Å². The summed E-state index contributed by atoms with van der Waals surface area (Å²) < 4.78 is 5.32. The Hall–Kier alpha value is -2.66. The van der Waals surface area contributed by atoms with E-state index in [0.29, 0.717) is 18.1 Å². The quantitative estimate of drug-likeness (QED) is 0.772. The second-order valence-electron chi connectivity index (χ2n) is 6.25. The highest BCUT2D eigenvalue weighted by atomic mass is 16.5. The molecule has 0 bridgehead atoms. The Labute approximate surface area is 140 Å². The van der Waals surface area contributed by atoms with E-state index in [1.54, 1.807) is 18.2 Å². The third-order valence-electron chi connectivity index (χ3n) is 4.50. The zero-order valence-electron chi connectivity index (χ0n) is 13.3. The van der Waals surface area contributed by atoms with Gasteiger partial charge in [-0.2, -0.15) is 4.98 Å². The molecule has 2 aromatic carbocycles. The molecule has 0 spiro atoms. The van der Waals surface area contributed by atoms with Crippen LogP contribution in [0.4, 0.5) is 0 Å². The number of phenols is 1. The van der Waals surface area contributed by atoms with Gasteiger partial charge in [-0.1, -0.05) is 35.5 Å². The minimum absolute atomic E-state index is 0.167. The first-order chi connectivity index (χ1) is 11.7. The zero-order chi connectivity index (χ0) is 16.5. The lowest BCUT2D eigenvalue weighted by molar-refractivity contribution is 0.363. The second-order valence-corrected chi connectivity index (χ2v) is 6.25. The molecule has 24 heavy (non-hydrogen) atoms. The number of nitrogens with two attached hydrogens (primary N) is 1. The molecule has 5 nitrogen and oxygen atoms in total. The average Bonchev–Trinajstić information content (AvgIpc) is 3.23. The molecule has 122 valence electrons. The smallest absolute Gasteiger partial charge is 0.248 e. The SMILES string of the molecule is NC(c1cccc(O)c1)c1nc(Cc2ccc3c(c2)CCC3)no1. The number of aromatic nitrogens is 2. The van der Waals surface area contributed by atoms with E-state index in [2.05, 4.69) is 28.3 Å². The molecule has 0 aliphatic heterocycles. The highest BCUT2D eigenvalue weighted by molar-refractivity contribution is 5.36. The van der Waals surface area contributed by atoms with Crippen LogP contribution in [0.1, 0.15) is 46.4 Å².